The lowest BCUT2D eigenvalue weighted by Crippen LogP contribution is -2.22. The lowest BCUT2D eigenvalue weighted by Gasteiger charge is -2.15. The van der Waals surface area contributed by atoms with Crippen LogP contribution in [-0.2, 0) is 6.42 Å². The first-order chi connectivity index (χ1) is 8.13. The number of hydrogen-bond donors (Lipinski definition) is 0. The second-order valence-corrected chi connectivity index (χ2v) is 4.97. The van der Waals surface area contributed by atoms with Gasteiger partial charge >= 0.3 is 0 Å². The highest BCUT2D eigenvalue weighted by Crippen LogP contribution is 2.16. The lowest BCUT2D eigenvalue weighted by molar-refractivity contribution is 0.333. The Morgan fingerprint density at radius 2 is 2.18 bits per heavy atom. The van der Waals surface area contributed by atoms with E-state index in [1.54, 1.807) is 6.07 Å². The van der Waals surface area contributed by atoms with Gasteiger partial charge in [0.1, 0.15) is 5.82 Å². The molecule has 2 nitrogen and oxygen atoms in total. The van der Waals surface area contributed by atoms with Gasteiger partial charge in [-0.2, -0.15) is 5.26 Å². The smallest absolute Gasteiger partial charge is 0.126 e. The van der Waals surface area contributed by atoms with Crippen molar-refractivity contribution >= 4 is 15.9 Å². The Balaban J connectivity index is 2.39. The minimum absolute atomic E-state index is 0.154. The van der Waals surface area contributed by atoms with Crippen LogP contribution in [0.4, 0.5) is 4.39 Å². The van der Waals surface area contributed by atoms with Gasteiger partial charge in [0.25, 0.3) is 0 Å². The molecule has 0 aliphatic rings. The quantitative estimate of drug-likeness (QED) is 0.753. The van der Waals surface area contributed by atoms with Crippen LogP contribution in [-0.4, -0.2) is 25.0 Å². The summed E-state index contributed by atoms with van der Waals surface area (Å²) in [6.07, 6.45) is 2.14. The second kappa shape index (κ2) is 7.41. The summed E-state index contributed by atoms with van der Waals surface area (Å²) in [5.41, 5.74) is 0.728. The van der Waals surface area contributed by atoms with E-state index in [9.17, 15) is 4.39 Å². The molecule has 0 aliphatic heterocycles. The first-order valence-electron chi connectivity index (χ1n) is 5.63. The molecule has 1 aromatic rings. The third kappa shape index (κ3) is 5.29. The molecule has 0 fully saturated rings. The Bertz CT molecular complexity index is 401. The van der Waals surface area contributed by atoms with Crippen LogP contribution in [0, 0.1) is 17.1 Å². The van der Waals surface area contributed by atoms with Gasteiger partial charge in [0.2, 0.25) is 0 Å². The van der Waals surface area contributed by atoms with E-state index in [-0.39, 0.29) is 5.82 Å². The molecule has 0 saturated carbocycles. The molecule has 0 atom stereocenters. The van der Waals surface area contributed by atoms with Crippen molar-refractivity contribution in [1.82, 2.24) is 4.90 Å². The number of hydrogen-bond acceptors (Lipinski definition) is 2. The first kappa shape index (κ1) is 14.1. The SMILES string of the molecule is CN(CCCC#N)CCc1cc(Br)ccc1F. The molecule has 92 valence electrons. The molecule has 0 bridgehead atoms. The highest BCUT2D eigenvalue weighted by atomic mass is 79.9. The Labute approximate surface area is 110 Å². The van der Waals surface area contributed by atoms with Crippen LogP contribution in [0.5, 0.6) is 0 Å². The summed E-state index contributed by atoms with van der Waals surface area (Å²) in [6, 6.07) is 7.12. The summed E-state index contributed by atoms with van der Waals surface area (Å²) in [6.45, 7) is 1.68. The predicted octanol–water partition coefficient (Wildman–Crippen LogP) is 3.37. The van der Waals surface area contributed by atoms with Crippen LogP contribution in [0.25, 0.3) is 0 Å². The third-order valence-electron chi connectivity index (χ3n) is 2.60. The van der Waals surface area contributed by atoms with E-state index in [2.05, 4.69) is 26.9 Å². The summed E-state index contributed by atoms with van der Waals surface area (Å²) < 4.78 is 14.3. The average molecular weight is 299 g/mol. The van der Waals surface area contributed by atoms with Crippen molar-refractivity contribution < 1.29 is 4.39 Å². The molecular weight excluding hydrogens is 283 g/mol. The van der Waals surface area contributed by atoms with Gasteiger partial charge in [-0.05, 0) is 50.2 Å². The molecule has 0 aromatic heterocycles. The number of unbranched alkanes of at least 4 members (excludes halogenated alkanes) is 1. The van der Waals surface area contributed by atoms with Crippen molar-refractivity contribution in [2.45, 2.75) is 19.3 Å². The zero-order valence-corrected chi connectivity index (χ0v) is 11.5. The number of halogens is 2. The molecule has 0 spiro atoms. The van der Waals surface area contributed by atoms with E-state index in [0.29, 0.717) is 12.8 Å². The maximum atomic E-state index is 13.4. The number of likely N-dealkylation sites (N-methyl/N-ethyl adjacent to an activating group) is 1. The van der Waals surface area contributed by atoms with Crippen LogP contribution in [0.3, 0.4) is 0 Å². The number of nitrogens with zero attached hydrogens (tertiary/aromatic N) is 2. The van der Waals surface area contributed by atoms with Gasteiger partial charge in [0.15, 0.2) is 0 Å². The molecule has 1 rings (SSSR count). The topological polar surface area (TPSA) is 27.0 Å². The summed E-state index contributed by atoms with van der Waals surface area (Å²) >= 11 is 3.34. The summed E-state index contributed by atoms with van der Waals surface area (Å²) in [7, 11) is 1.99. The van der Waals surface area contributed by atoms with Crippen molar-refractivity contribution in [3.63, 3.8) is 0 Å². The molecule has 1 aromatic carbocycles. The number of rotatable bonds is 6. The van der Waals surface area contributed by atoms with Crippen LogP contribution >= 0.6 is 15.9 Å². The van der Waals surface area contributed by atoms with Gasteiger partial charge in [-0.15, -0.1) is 0 Å². The van der Waals surface area contributed by atoms with E-state index in [1.165, 1.54) is 6.07 Å². The highest BCUT2D eigenvalue weighted by Gasteiger charge is 2.04. The Hall–Kier alpha value is -0.920. The van der Waals surface area contributed by atoms with Crippen LogP contribution in [0.15, 0.2) is 22.7 Å². The Kier molecular flexibility index (Phi) is 6.17. The maximum absolute atomic E-state index is 13.4. The van der Waals surface area contributed by atoms with E-state index < -0.39 is 0 Å². The van der Waals surface area contributed by atoms with Crippen molar-refractivity contribution in [2.24, 2.45) is 0 Å². The predicted molar refractivity (Wildman–Crippen MR) is 70.1 cm³/mol. The fourth-order valence-corrected chi connectivity index (χ4v) is 1.99. The lowest BCUT2D eigenvalue weighted by atomic mass is 10.1. The van der Waals surface area contributed by atoms with Gasteiger partial charge < -0.3 is 4.90 Å². The largest absolute Gasteiger partial charge is 0.306 e. The van der Waals surface area contributed by atoms with Gasteiger partial charge in [0, 0.05) is 17.4 Å². The van der Waals surface area contributed by atoms with Gasteiger partial charge in [-0.3, -0.25) is 0 Å². The normalized spacial score (nSPS) is 10.5. The van der Waals surface area contributed by atoms with Crippen molar-refractivity contribution in [3.05, 3.63) is 34.1 Å². The molecule has 0 unspecified atom stereocenters. The van der Waals surface area contributed by atoms with Gasteiger partial charge in [-0.25, -0.2) is 4.39 Å². The van der Waals surface area contributed by atoms with Crippen LogP contribution in [0.2, 0.25) is 0 Å². The third-order valence-corrected chi connectivity index (χ3v) is 3.09. The number of benzene rings is 1. The van der Waals surface area contributed by atoms with E-state index >= 15 is 0 Å². The van der Waals surface area contributed by atoms with Crippen molar-refractivity contribution in [3.8, 4) is 6.07 Å². The summed E-state index contributed by atoms with van der Waals surface area (Å²) in [5, 5.41) is 8.43. The standard InChI is InChI=1S/C13H16BrFN2/c1-17(8-3-2-7-16)9-6-11-10-12(14)4-5-13(11)15/h4-5,10H,2-3,6,8-9H2,1H3. The highest BCUT2D eigenvalue weighted by molar-refractivity contribution is 9.10. The van der Waals surface area contributed by atoms with Crippen LogP contribution in [0.1, 0.15) is 18.4 Å². The minimum atomic E-state index is -0.154. The van der Waals surface area contributed by atoms with Gasteiger partial charge in [0.05, 0.1) is 6.07 Å². The zero-order valence-electron chi connectivity index (χ0n) is 9.92. The van der Waals surface area contributed by atoms with E-state index in [0.717, 1.165) is 29.5 Å². The maximum Gasteiger partial charge on any atom is 0.126 e. The second-order valence-electron chi connectivity index (χ2n) is 4.05. The molecule has 0 aliphatic carbocycles. The first-order valence-corrected chi connectivity index (χ1v) is 6.42. The fourth-order valence-electron chi connectivity index (χ4n) is 1.59. The molecule has 0 amide bonds. The molecule has 0 heterocycles. The molecule has 0 N–H and O–H groups in total. The van der Waals surface area contributed by atoms with E-state index in [1.807, 2.05) is 13.1 Å². The van der Waals surface area contributed by atoms with Crippen molar-refractivity contribution in [2.75, 3.05) is 20.1 Å². The van der Waals surface area contributed by atoms with Gasteiger partial charge in [-0.1, -0.05) is 15.9 Å². The minimum Gasteiger partial charge on any atom is -0.306 e. The summed E-state index contributed by atoms with van der Waals surface area (Å²) in [4.78, 5) is 2.12. The zero-order chi connectivity index (χ0) is 12.7. The van der Waals surface area contributed by atoms with Crippen LogP contribution < -0.4 is 0 Å². The Morgan fingerprint density at radius 3 is 2.88 bits per heavy atom. The summed E-state index contributed by atoms with van der Waals surface area (Å²) in [5.74, 6) is -0.154. The number of nitriles is 1. The molecule has 0 radical (unpaired) electrons. The molecule has 0 saturated heterocycles. The molecular formula is C13H16BrFN2. The van der Waals surface area contributed by atoms with E-state index in [4.69, 9.17) is 5.26 Å². The van der Waals surface area contributed by atoms with Crippen molar-refractivity contribution in [1.29, 1.82) is 5.26 Å². The Morgan fingerprint density at radius 1 is 1.41 bits per heavy atom. The molecule has 17 heavy (non-hydrogen) atoms. The monoisotopic (exact) mass is 298 g/mol. The molecule has 4 heteroatoms. The average Bonchev–Trinajstić information content (AvgIpc) is 2.31. The fraction of sp³-hybridized carbons (Fsp3) is 0.462.